The molecule has 144 valence electrons. The van der Waals surface area contributed by atoms with Crippen LogP contribution in [0, 0.1) is 23.6 Å². The second-order valence-corrected chi connectivity index (χ2v) is 8.40. The SMILES string of the molecule is C/C=C/C1CCC(C2CCC(c3ccc(OCC)c(F)c3Cl)CC2)CC1. The van der Waals surface area contributed by atoms with Crippen LogP contribution in [0.1, 0.15) is 76.7 Å². The van der Waals surface area contributed by atoms with Crippen molar-refractivity contribution in [3.63, 3.8) is 0 Å². The van der Waals surface area contributed by atoms with Crippen molar-refractivity contribution < 1.29 is 9.13 Å². The molecule has 0 amide bonds. The number of hydrogen-bond donors (Lipinski definition) is 0. The Morgan fingerprint density at radius 2 is 1.65 bits per heavy atom. The van der Waals surface area contributed by atoms with Gasteiger partial charge >= 0.3 is 0 Å². The van der Waals surface area contributed by atoms with Crippen LogP contribution in [0.15, 0.2) is 24.3 Å². The van der Waals surface area contributed by atoms with Crippen molar-refractivity contribution >= 4 is 11.6 Å². The van der Waals surface area contributed by atoms with E-state index >= 15 is 0 Å². The largest absolute Gasteiger partial charge is 0.491 e. The molecule has 1 nitrogen and oxygen atoms in total. The molecule has 0 saturated heterocycles. The molecule has 3 heteroatoms. The number of hydrogen-bond acceptors (Lipinski definition) is 1. The molecule has 0 bridgehead atoms. The molecule has 0 N–H and O–H groups in total. The maximum absolute atomic E-state index is 14.4. The molecule has 0 atom stereocenters. The third kappa shape index (κ3) is 4.44. The van der Waals surface area contributed by atoms with Crippen LogP contribution in [0.25, 0.3) is 0 Å². The van der Waals surface area contributed by atoms with Gasteiger partial charge in [0.2, 0.25) is 0 Å². The number of rotatable bonds is 5. The Kier molecular flexibility index (Phi) is 7.03. The summed E-state index contributed by atoms with van der Waals surface area (Å²) in [5.74, 6) is 2.82. The van der Waals surface area contributed by atoms with E-state index in [-0.39, 0.29) is 10.8 Å². The van der Waals surface area contributed by atoms with E-state index in [9.17, 15) is 4.39 Å². The summed E-state index contributed by atoms with van der Waals surface area (Å²) in [6, 6.07) is 3.72. The lowest BCUT2D eigenvalue weighted by Crippen LogP contribution is -2.25. The molecule has 0 spiro atoms. The normalized spacial score (nSPS) is 29.8. The quantitative estimate of drug-likeness (QED) is 0.481. The second kappa shape index (κ2) is 9.26. The fourth-order valence-corrected chi connectivity index (χ4v) is 5.42. The van der Waals surface area contributed by atoms with Gasteiger partial charge in [0.15, 0.2) is 11.6 Å². The maximum Gasteiger partial charge on any atom is 0.183 e. The first-order chi connectivity index (χ1) is 12.6. The zero-order valence-corrected chi connectivity index (χ0v) is 16.9. The Balaban J connectivity index is 1.57. The lowest BCUT2D eigenvalue weighted by atomic mass is 9.68. The van der Waals surface area contributed by atoms with E-state index in [4.69, 9.17) is 16.3 Å². The molecule has 0 radical (unpaired) electrons. The molecule has 0 aliphatic heterocycles. The maximum atomic E-state index is 14.4. The van der Waals surface area contributed by atoms with Gasteiger partial charge in [0.05, 0.1) is 11.6 Å². The van der Waals surface area contributed by atoms with Crippen LogP contribution in [-0.4, -0.2) is 6.61 Å². The highest BCUT2D eigenvalue weighted by molar-refractivity contribution is 6.31. The average Bonchev–Trinajstić information content (AvgIpc) is 2.67. The fourth-order valence-electron chi connectivity index (χ4n) is 5.11. The van der Waals surface area contributed by atoms with Crippen LogP contribution < -0.4 is 4.74 Å². The number of halogens is 2. The minimum atomic E-state index is -0.393. The van der Waals surface area contributed by atoms with Crippen LogP contribution in [-0.2, 0) is 0 Å². The molecule has 2 aliphatic rings. The molecule has 1 aromatic carbocycles. The zero-order chi connectivity index (χ0) is 18.5. The monoisotopic (exact) mass is 378 g/mol. The third-order valence-electron chi connectivity index (χ3n) is 6.54. The highest BCUT2D eigenvalue weighted by atomic mass is 35.5. The van der Waals surface area contributed by atoms with E-state index in [0.29, 0.717) is 12.5 Å². The summed E-state index contributed by atoms with van der Waals surface area (Å²) in [7, 11) is 0. The lowest BCUT2D eigenvalue weighted by Gasteiger charge is -2.37. The van der Waals surface area contributed by atoms with Gasteiger partial charge in [-0.3, -0.25) is 0 Å². The van der Waals surface area contributed by atoms with Crippen molar-refractivity contribution in [3.05, 3.63) is 40.7 Å². The predicted molar refractivity (Wildman–Crippen MR) is 108 cm³/mol. The van der Waals surface area contributed by atoms with E-state index in [1.807, 2.05) is 13.0 Å². The van der Waals surface area contributed by atoms with Crippen LogP contribution in [0.4, 0.5) is 4.39 Å². The smallest absolute Gasteiger partial charge is 0.183 e. The van der Waals surface area contributed by atoms with Crippen LogP contribution in [0.5, 0.6) is 5.75 Å². The standard InChI is InChI=1S/C23H32ClFO/c1-3-5-16-6-8-17(9-7-16)18-10-12-19(13-11-18)20-14-15-21(26-4-2)23(25)22(20)24/h3,5,14-19H,4,6-13H2,1-2H3/b5-3+. The van der Waals surface area contributed by atoms with E-state index in [1.165, 1.54) is 38.5 Å². The van der Waals surface area contributed by atoms with Gasteiger partial charge in [0.25, 0.3) is 0 Å². The molecule has 0 unspecified atom stereocenters. The number of ether oxygens (including phenoxy) is 1. The van der Waals surface area contributed by atoms with Crippen LogP contribution in [0.3, 0.4) is 0 Å². The van der Waals surface area contributed by atoms with E-state index in [2.05, 4.69) is 19.1 Å². The van der Waals surface area contributed by atoms with Gasteiger partial charge in [-0.05, 0) is 101 Å². The summed E-state index contributed by atoms with van der Waals surface area (Å²) in [5, 5.41) is 0.270. The van der Waals surface area contributed by atoms with Gasteiger partial charge in [-0.15, -0.1) is 0 Å². The lowest BCUT2D eigenvalue weighted by molar-refractivity contribution is 0.171. The minimum Gasteiger partial charge on any atom is -0.491 e. The Morgan fingerprint density at radius 1 is 1.04 bits per heavy atom. The summed E-state index contributed by atoms with van der Waals surface area (Å²) < 4.78 is 19.7. The van der Waals surface area contributed by atoms with Gasteiger partial charge in [0.1, 0.15) is 0 Å². The summed E-state index contributed by atoms with van der Waals surface area (Å²) in [5.41, 5.74) is 0.975. The van der Waals surface area contributed by atoms with E-state index in [1.54, 1.807) is 6.07 Å². The molecular weight excluding hydrogens is 347 g/mol. The number of allylic oxidation sites excluding steroid dienone is 2. The topological polar surface area (TPSA) is 9.23 Å². The molecule has 2 fully saturated rings. The Morgan fingerprint density at radius 3 is 2.23 bits per heavy atom. The zero-order valence-electron chi connectivity index (χ0n) is 16.1. The molecule has 26 heavy (non-hydrogen) atoms. The third-order valence-corrected chi connectivity index (χ3v) is 6.92. The van der Waals surface area contributed by atoms with E-state index < -0.39 is 5.82 Å². The first-order valence-electron chi connectivity index (χ1n) is 10.4. The summed E-state index contributed by atoms with van der Waals surface area (Å²) in [4.78, 5) is 0. The predicted octanol–water partition coefficient (Wildman–Crippen LogP) is 7.53. The van der Waals surface area contributed by atoms with Crippen molar-refractivity contribution in [1.29, 1.82) is 0 Å². The molecule has 2 aliphatic carbocycles. The first kappa shape index (κ1) is 19.7. The Labute approximate surface area is 163 Å². The summed E-state index contributed by atoms with van der Waals surface area (Å²) in [6.45, 7) is 4.44. The second-order valence-electron chi connectivity index (χ2n) is 8.03. The van der Waals surface area contributed by atoms with Crippen LogP contribution in [0.2, 0.25) is 5.02 Å². The van der Waals surface area contributed by atoms with Crippen molar-refractivity contribution in [2.75, 3.05) is 6.61 Å². The van der Waals surface area contributed by atoms with Crippen molar-refractivity contribution in [2.24, 2.45) is 17.8 Å². The highest BCUT2D eigenvalue weighted by Crippen LogP contribution is 2.46. The average molecular weight is 379 g/mol. The van der Waals surface area contributed by atoms with Gasteiger partial charge in [-0.1, -0.05) is 29.8 Å². The fraction of sp³-hybridized carbons (Fsp3) is 0.652. The van der Waals surface area contributed by atoms with Crippen molar-refractivity contribution in [3.8, 4) is 5.75 Å². The summed E-state index contributed by atoms with van der Waals surface area (Å²) >= 11 is 6.34. The van der Waals surface area contributed by atoms with Gasteiger partial charge in [-0.2, -0.15) is 0 Å². The molecule has 3 rings (SSSR count). The van der Waals surface area contributed by atoms with E-state index in [0.717, 1.165) is 36.2 Å². The first-order valence-corrected chi connectivity index (χ1v) is 10.7. The highest BCUT2D eigenvalue weighted by Gasteiger charge is 2.31. The van der Waals surface area contributed by atoms with Gasteiger partial charge < -0.3 is 4.74 Å². The Hall–Kier alpha value is -1.02. The van der Waals surface area contributed by atoms with Crippen LogP contribution >= 0.6 is 11.6 Å². The molecule has 0 aromatic heterocycles. The minimum absolute atomic E-state index is 0.270. The van der Waals surface area contributed by atoms with Gasteiger partial charge in [0, 0.05) is 0 Å². The van der Waals surface area contributed by atoms with Gasteiger partial charge in [-0.25, -0.2) is 4.39 Å². The molecule has 1 aromatic rings. The molecule has 0 heterocycles. The molecular formula is C23H32ClFO. The van der Waals surface area contributed by atoms with Crippen molar-refractivity contribution in [1.82, 2.24) is 0 Å². The molecule has 2 saturated carbocycles. The summed E-state index contributed by atoms with van der Waals surface area (Å²) in [6.07, 6.45) is 14.8. The Bertz CT molecular complexity index is 611. The van der Waals surface area contributed by atoms with Crippen molar-refractivity contribution in [2.45, 2.75) is 71.1 Å². The number of benzene rings is 1.